The van der Waals surface area contributed by atoms with Gasteiger partial charge in [-0.1, -0.05) is 41.5 Å². The van der Waals surface area contributed by atoms with Gasteiger partial charge in [-0.05, 0) is 65.8 Å². The molecule has 2 aromatic carbocycles. The van der Waals surface area contributed by atoms with Gasteiger partial charge in [0.15, 0.2) is 0 Å². The summed E-state index contributed by atoms with van der Waals surface area (Å²) in [5.41, 5.74) is 6.35. The number of aromatic amines is 1. The van der Waals surface area contributed by atoms with Crippen molar-refractivity contribution in [3.05, 3.63) is 64.8 Å². The molecule has 180 valence electrons. The first kappa shape index (κ1) is 25.0. The predicted octanol–water partition coefficient (Wildman–Crippen LogP) is 5.54. The van der Waals surface area contributed by atoms with E-state index in [0.717, 1.165) is 28.0 Å². The van der Waals surface area contributed by atoms with E-state index in [1.54, 1.807) is 12.3 Å². The van der Waals surface area contributed by atoms with Crippen molar-refractivity contribution in [3.8, 4) is 22.8 Å². The summed E-state index contributed by atoms with van der Waals surface area (Å²) in [6, 6.07) is 13.0. The monoisotopic (exact) mass is 462 g/mol. The second-order valence-corrected chi connectivity index (χ2v) is 10.3. The number of hydrazone groups is 1. The minimum absolute atomic E-state index is 0.246. The van der Waals surface area contributed by atoms with Crippen LogP contribution in [0, 0.1) is 0 Å². The Morgan fingerprint density at radius 1 is 1.06 bits per heavy atom. The van der Waals surface area contributed by atoms with Crippen LogP contribution in [0.3, 0.4) is 0 Å². The number of aromatic hydroxyl groups is 1. The van der Waals surface area contributed by atoms with Crippen molar-refractivity contribution in [3.63, 3.8) is 0 Å². The number of benzene rings is 2. The first-order chi connectivity index (χ1) is 15.9. The normalized spacial score (nSPS) is 12.2. The zero-order chi connectivity index (χ0) is 25.1. The number of aromatic nitrogens is 2. The van der Waals surface area contributed by atoms with E-state index in [4.69, 9.17) is 4.74 Å². The number of phenolic OH excluding ortho intramolecular Hbond substituents is 1. The van der Waals surface area contributed by atoms with Crippen LogP contribution in [0.4, 0.5) is 0 Å². The summed E-state index contributed by atoms with van der Waals surface area (Å²) in [5, 5.41) is 22.0. The maximum absolute atomic E-state index is 12.6. The van der Waals surface area contributed by atoms with Crippen molar-refractivity contribution in [2.24, 2.45) is 5.10 Å². The van der Waals surface area contributed by atoms with Crippen LogP contribution in [0.25, 0.3) is 11.3 Å². The van der Waals surface area contributed by atoms with Gasteiger partial charge < -0.3 is 9.84 Å². The smallest absolute Gasteiger partial charge is 0.289 e. The van der Waals surface area contributed by atoms with E-state index in [0.29, 0.717) is 23.7 Å². The molecule has 0 unspecified atom stereocenters. The third kappa shape index (κ3) is 5.84. The maximum Gasteiger partial charge on any atom is 0.289 e. The van der Waals surface area contributed by atoms with Crippen molar-refractivity contribution in [2.75, 3.05) is 6.61 Å². The molecule has 34 heavy (non-hydrogen) atoms. The molecule has 3 aromatic rings. The average Bonchev–Trinajstić information content (AvgIpc) is 3.24. The lowest BCUT2D eigenvalue weighted by atomic mass is 9.78. The molecule has 0 radical (unpaired) electrons. The van der Waals surface area contributed by atoms with Crippen molar-refractivity contribution in [1.29, 1.82) is 0 Å². The van der Waals surface area contributed by atoms with Gasteiger partial charge in [0.2, 0.25) is 0 Å². The number of amides is 1. The van der Waals surface area contributed by atoms with Crippen LogP contribution < -0.4 is 10.2 Å². The topological polar surface area (TPSA) is 99.6 Å². The van der Waals surface area contributed by atoms with Gasteiger partial charge in [0, 0.05) is 16.7 Å². The number of carbonyl (C=O) groups excluding carboxylic acids is 1. The van der Waals surface area contributed by atoms with E-state index in [-0.39, 0.29) is 10.8 Å². The van der Waals surface area contributed by atoms with Crippen LogP contribution in [0.1, 0.15) is 75.6 Å². The molecule has 0 aliphatic rings. The number of carbonyl (C=O) groups is 1. The largest absolute Gasteiger partial charge is 0.507 e. The number of nitrogens with zero attached hydrogens (tertiary/aromatic N) is 2. The number of H-pyrrole nitrogens is 1. The quantitative estimate of drug-likeness (QED) is 0.331. The third-order valence-electron chi connectivity index (χ3n) is 5.41. The Kier molecular flexibility index (Phi) is 7.15. The molecule has 0 saturated heterocycles. The molecule has 7 heteroatoms. The summed E-state index contributed by atoms with van der Waals surface area (Å²) in [6.07, 6.45) is 1.59. The molecule has 0 atom stereocenters. The summed E-state index contributed by atoms with van der Waals surface area (Å²) >= 11 is 0. The van der Waals surface area contributed by atoms with Crippen molar-refractivity contribution >= 4 is 12.1 Å². The Morgan fingerprint density at radius 2 is 1.65 bits per heavy atom. The molecule has 3 rings (SSSR count). The average molecular weight is 463 g/mol. The van der Waals surface area contributed by atoms with Crippen molar-refractivity contribution in [1.82, 2.24) is 15.6 Å². The summed E-state index contributed by atoms with van der Waals surface area (Å²) in [4.78, 5) is 12.6. The second kappa shape index (κ2) is 9.71. The maximum atomic E-state index is 12.6. The number of rotatable bonds is 6. The molecule has 0 spiro atoms. The highest BCUT2D eigenvalue weighted by Gasteiger charge is 2.26. The third-order valence-corrected chi connectivity index (χ3v) is 5.41. The van der Waals surface area contributed by atoms with Gasteiger partial charge in [0.05, 0.1) is 18.5 Å². The Balaban J connectivity index is 1.76. The Hall–Kier alpha value is -3.61. The fourth-order valence-electron chi connectivity index (χ4n) is 3.57. The van der Waals surface area contributed by atoms with Gasteiger partial charge in [0.1, 0.15) is 17.2 Å². The molecule has 3 N–H and O–H groups in total. The lowest BCUT2D eigenvalue weighted by Gasteiger charge is -2.27. The SMILES string of the molecule is CCOc1ccc(-c2cc(C(=O)N/N=C\c3cc(C(C)(C)C)c(O)c(C(C)(C)C)c3)[nH]n2)cc1. The summed E-state index contributed by atoms with van der Waals surface area (Å²) < 4.78 is 5.46. The highest BCUT2D eigenvalue weighted by atomic mass is 16.5. The molecular weight excluding hydrogens is 428 g/mol. The van der Waals surface area contributed by atoms with Crippen LogP contribution in [0.2, 0.25) is 0 Å². The highest BCUT2D eigenvalue weighted by molar-refractivity contribution is 5.94. The molecule has 0 aliphatic carbocycles. The molecule has 1 amide bonds. The number of nitrogens with one attached hydrogen (secondary N) is 2. The molecule has 0 saturated carbocycles. The van der Waals surface area contributed by atoms with E-state index in [1.807, 2.05) is 43.3 Å². The van der Waals surface area contributed by atoms with Gasteiger partial charge in [0.25, 0.3) is 5.91 Å². The van der Waals surface area contributed by atoms with Crippen LogP contribution in [0.5, 0.6) is 11.5 Å². The minimum atomic E-state index is -0.396. The van der Waals surface area contributed by atoms with E-state index in [2.05, 4.69) is 62.3 Å². The fraction of sp³-hybridized carbons (Fsp3) is 0.370. The Morgan fingerprint density at radius 3 is 2.18 bits per heavy atom. The lowest BCUT2D eigenvalue weighted by molar-refractivity contribution is 0.0950. The van der Waals surface area contributed by atoms with E-state index in [9.17, 15) is 9.90 Å². The van der Waals surface area contributed by atoms with E-state index < -0.39 is 5.91 Å². The first-order valence-corrected chi connectivity index (χ1v) is 11.4. The molecule has 1 heterocycles. The number of hydrogen-bond donors (Lipinski definition) is 3. The molecular formula is C27H34N4O3. The van der Waals surface area contributed by atoms with E-state index in [1.165, 1.54) is 0 Å². The number of phenols is 1. The fourth-order valence-corrected chi connectivity index (χ4v) is 3.57. The number of ether oxygens (including phenoxy) is 1. The molecule has 0 fully saturated rings. The van der Waals surface area contributed by atoms with Crippen LogP contribution in [0.15, 0.2) is 47.6 Å². The van der Waals surface area contributed by atoms with Crippen LogP contribution in [-0.2, 0) is 10.8 Å². The van der Waals surface area contributed by atoms with Crippen LogP contribution in [-0.4, -0.2) is 34.0 Å². The summed E-state index contributed by atoms with van der Waals surface area (Å²) in [6.45, 7) is 14.9. The molecule has 0 aliphatic heterocycles. The van der Waals surface area contributed by atoms with Gasteiger partial charge in [-0.2, -0.15) is 10.2 Å². The summed E-state index contributed by atoms with van der Waals surface area (Å²) in [7, 11) is 0. The van der Waals surface area contributed by atoms with Crippen LogP contribution >= 0.6 is 0 Å². The highest BCUT2D eigenvalue weighted by Crippen LogP contribution is 2.39. The predicted molar refractivity (Wildman–Crippen MR) is 136 cm³/mol. The summed E-state index contributed by atoms with van der Waals surface area (Å²) in [5.74, 6) is 0.694. The zero-order valence-electron chi connectivity index (χ0n) is 21.0. The second-order valence-electron chi connectivity index (χ2n) is 10.3. The molecule has 7 nitrogen and oxygen atoms in total. The van der Waals surface area contributed by atoms with E-state index >= 15 is 0 Å². The Labute approximate surface area is 201 Å². The first-order valence-electron chi connectivity index (χ1n) is 11.4. The standard InChI is InChI=1S/C27H34N4O3/c1-8-34-19-11-9-18(10-12-19)22-15-23(30-29-22)25(33)31-28-16-17-13-20(26(2,3)4)24(32)21(14-17)27(5,6)7/h9-16,32H,8H2,1-7H3,(H,29,30)(H,31,33)/b28-16-. The van der Waals surface area contributed by atoms with Crippen molar-refractivity contribution in [2.45, 2.75) is 59.3 Å². The minimum Gasteiger partial charge on any atom is -0.507 e. The van der Waals surface area contributed by atoms with Gasteiger partial charge in [-0.15, -0.1) is 0 Å². The lowest BCUT2D eigenvalue weighted by Crippen LogP contribution is -2.19. The van der Waals surface area contributed by atoms with Crippen molar-refractivity contribution < 1.29 is 14.6 Å². The zero-order valence-corrected chi connectivity index (χ0v) is 21.0. The van der Waals surface area contributed by atoms with Gasteiger partial charge >= 0.3 is 0 Å². The molecule has 0 bridgehead atoms. The van der Waals surface area contributed by atoms with Gasteiger partial charge in [-0.25, -0.2) is 5.43 Å². The Bertz CT molecular complexity index is 1140. The molecule has 1 aromatic heterocycles. The number of hydrogen-bond acceptors (Lipinski definition) is 5. The van der Waals surface area contributed by atoms with Gasteiger partial charge in [-0.3, -0.25) is 9.89 Å².